The lowest BCUT2D eigenvalue weighted by Gasteiger charge is -2.62. The Bertz CT molecular complexity index is 1320. The van der Waals surface area contributed by atoms with Crippen molar-refractivity contribution in [3.8, 4) is 0 Å². The van der Waals surface area contributed by atoms with Crippen LogP contribution in [0.1, 0.15) is 44.6 Å². The molecule has 0 radical (unpaired) electrons. The Morgan fingerprint density at radius 1 is 1.17 bits per heavy atom. The van der Waals surface area contributed by atoms with Gasteiger partial charge in [-0.15, -0.1) is 0 Å². The summed E-state index contributed by atoms with van der Waals surface area (Å²) in [6.07, 6.45) is 4.12. The van der Waals surface area contributed by atoms with Gasteiger partial charge in [-0.1, -0.05) is 31.2 Å². The van der Waals surface area contributed by atoms with Crippen molar-refractivity contribution in [1.29, 1.82) is 0 Å². The number of allylic oxidation sites excluding steroid dienone is 3. The molecule has 2 aromatic rings. The van der Waals surface area contributed by atoms with Crippen LogP contribution in [0, 0.1) is 11.3 Å². The highest BCUT2D eigenvalue weighted by Gasteiger charge is 2.79. The first kappa shape index (κ1) is 23.0. The molecule has 3 fully saturated rings. The summed E-state index contributed by atoms with van der Waals surface area (Å²) in [6.45, 7) is 2.26. The molecule has 0 amide bonds. The van der Waals surface area contributed by atoms with Gasteiger partial charge in [0, 0.05) is 22.8 Å². The van der Waals surface area contributed by atoms with Crippen LogP contribution in [0.2, 0.25) is 0 Å². The van der Waals surface area contributed by atoms with E-state index in [1.54, 1.807) is 0 Å². The third-order valence-electron chi connectivity index (χ3n) is 10.5. The maximum absolute atomic E-state index is 17.0. The Balaban J connectivity index is 1.32. The van der Waals surface area contributed by atoms with Gasteiger partial charge in [-0.05, 0) is 69.0 Å². The molecule has 2 bridgehead atoms. The fraction of sp³-hybridized carbons (Fsp3) is 0.607. The molecule has 8 heteroatoms. The summed E-state index contributed by atoms with van der Waals surface area (Å²) >= 11 is 0. The second kappa shape index (κ2) is 7.05. The molecule has 4 N–H and O–H groups in total. The van der Waals surface area contributed by atoms with Gasteiger partial charge in [-0.2, -0.15) is 5.10 Å². The summed E-state index contributed by atoms with van der Waals surface area (Å²) in [5, 5.41) is 41.8. The van der Waals surface area contributed by atoms with Crippen molar-refractivity contribution in [1.82, 2.24) is 15.1 Å². The smallest absolute Gasteiger partial charge is 0.197 e. The molecular formula is C28H34FN3O4. The number of nitrogens with one attached hydrogen (secondary N) is 1. The molecule has 192 valence electrons. The lowest BCUT2D eigenvalue weighted by Crippen LogP contribution is -2.78. The maximum Gasteiger partial charge on any atom is 0.197 e. The van der Waals surface area contributed by atoms with E-state index < -0.39 is 41.2 Å². The molecule has 5 aliphatic rings. The second-order valence-corrected chi connectivity index (χ2v) is 12.2. The highest BCUT2D eigenvalue weighted by molar-refractivity contribution is 5.84. The van der Waals surface area contributed by atoms with Gasteiger partial charge in [-0.3, -0.25) is 5.10 Å². The number of fused-ring (bicyclic) bond motifs is 2. The van der Waals surface area contributed by atoms with E-state index in [2.05, 4.69) is 41.4 Å². The summed E-state index contributed by atoms with van der Waals surface area (Å²) in [7, 11) is 3.64. The Labute approximate surface area is 209 Å². The van der Waals surface area contributed by atoms with Crippen LogP contribution in [0.25, 0.3) is 16.5 Å². The highest BCUT2D eigenvalue weighted by atomic mass is 19.1. The quantitative estimate of drug-likeness (QED) is 0.478. The standard InChI is InChI=1S/C28H34FN3O4/c1-25-9-8-18-23(34)28(29)24(35)22(33)20(32(2)3)13-26(28)10-11-27(18,36-26)21(25)7-6-17(25)15-4-5-16-14-30-31-19(16)12-15/h4-6,8,12,14,20-24,33-35H,7,9-11,13H2,1-3H3,(H,30,31)/t20-,21?,22+,23?,24-,25+,26+,27+,28?/m0/s1. The third kappa shape index (κ3) is 2.48. The number of nitrogens with zero attached hydrogens (tertiary/aromatic N) is 2. The molecule has 7 nitrogen and oxygen atoms in total. The second-order valence-electron chi connectivity index (χ2n) is 12.2. The number of ether oxygens (including phenoxy) is 1. The topological polar surface area (TPSA) is 102 Å². The Morgan fingerprint density at radius 2 is 1.97 bits per heavy atom. The number of aliphatic hydroxyl groups excluding tert-OH is 3. The summed E-state index contributed by atoms with van der Waals surface area (Å²) in [4.78, 5) is 1.82. The van der Waals surface area contributed by atoms with Gasteiger partial charge in [0.15, 0.2) is 5.67 Å². The van der Waals surface area contributed by atoms with E-state index in [1.165, 1.54) is 5.57 Å². The largest absolute Gasteiger partial charge is 0.389 e. The normalized spacial score (nSPS) is 47.4. The van der Waals surface area contributed by atoms with E-state index >= 15 is 4.39 Å². The molecule has 3 unspecified atom stereocenters. The van der Waals surface area contributed by atoms with Crippen molar-refractivity contribution in [2.75, 3.05) is 14.1 Å². The minimum absolute atomic E-state index is 0.0397. The molecule has 2 aliphatic heterocycles. The van der Waals surface area contributed by atoms with Gasteiger partial charge in [0.2, 0.25) is 0 Å². The van der Waals surface area contributed by atoms with E-state index in [1.807, 2.05) is 31.3 Å². The minimum atomic E-state index is -2.46. The van der Waals surface area contributed by atoms with E-state index in [9.17, 15) is 15.3 Å². The van der Waals surface area contributed by atoms with Gasteiger partial charge < -0.3 is 25.0 Å². The van der Waals surface area contributed by atoms with Crippen molar-refractivity contribution in [3.05, 3.63) is 47.7 Å². The molecule has 1 aromatic heterocycles. The van der Waals surface area contributed by atoms with Crippen molar-refractivity contribution >= 4 is 16.5 Å². The zero-order valence-electron chi connectivity index (χ0n) is 20.9. The van der Waals surface area contributed by atoms with Crippen LogP contribution in [0.5, 0.6) is 0 Å². The Morgan fingerprint density at radius 3 is 2.75 bits per heavy atom. The summed E-state index contributed by atoms with van der Waals surface area (Å²) in [6, 6.07) is 5.88. The van der Waals surface area contributed by atoms with Gasteiger partial charge in [0.05, 0.1) is 23.4 Å². The number of aromatic nitrogens is 2. The number of benzene rings is 1. The van der Waals surface area contributed by atoms with E-state index in [0.717, 1.165) is 22.9 Å². The zero-order valence-corrected chi connectivity index (χ0v) is 20.9. The van der Waals surface area contributed by atoms with Crippen molar-refractivity contribution in [2.45, 2.75) is 80.3 Å². The molecule has 2 saturated heterocycles. The van der Waals surface area contributed by atoms with E-state index in [-0.39, 0.29) is 17.8 Å². The van der Waals surface area contributed by atoms with Crippen LogP contribution in [-0.4, -0.2) is 85.7 Å². The number of aromatic amines is 1. The van der Waals surface area contributed by atoms with Crippen LogP contribution in [0.3, 0.4) is 0 Å². The molecule has 9 atom stereocenters. The number of likely N-dealkylation sites (N-methyl/N-ethyl adjacent to an activating group) is 1. The summed E-state index contributed by atoms with van der Waals surface area (Å²) in [5.74, 6) is 0.0397. The van der Waals surface area contributed by atoms with Gasteiger partial charge in [0.25, 0.3) is 0 Å². The molecule has 3 heterocycles. The number of H-pyrrole nitrogens is 1. The van der Waals surface area contributed by atoms with Crippen molar-refractivity contribution in [3.63, 3.8) is 0 Å². The Hall–Kier alpha value is -2.10. The fourth-order valence-corrected chi connectivity index (χ4v) is 8.63. The molecule has 1 aromatic carbocycles. The third-order valence-corrected chi connectivity index (χ3v) is 10.5. The molecule has 3 aliphatic carbocycles. The fourth-order valence-electron chi connectivity index (χ4n) is 8.63. The van der Waals surface area contributed by atoms with Crippen molar-refractivity contribution in [2.24, 2.45) is 11.3 Å². The van der Waals surface area contributed by atoms with Crippen LogP contribution in [-0.2, 0) is 4.74 Å². The summed E-state index contributed by atoms with van der Waals surface area (Å²) < 4.78 is 23.9. The predicted molar refractivity (Wildman–Crippen MR) is 133 cm³/mol. The average molecular weight is 496 g/mol. The number of hydrogen-bond acceptors (Lipinski definition) is 6. The Kier molecular flexibility index (Phi) is 4.52. The highest BCUT2D eigenvalue weighted by Crippen LogP contribution is 2.70. The molecule has 2 spiro atoms. The number of hydrogen-bond donors (Lipinski definition) is 4. The lowest BCUT2D eigenvalue weighted by atomic mass is 9.55. The number of rotatable bonds is 2. The zero-order chi connectivity index (χ0) is 25.3. The molecule has 36 heavy (non-hydrogen) atoms. The van der Waals surface area contributed by atoms with Gasteiger partial charge >= 0.3 is 0 Å². The monoisotopic (exact) mass is 495 g/mol. The lowest BCUT2D eigenvalue weighted by molar-refractivity contribution is -0.308. The number of halogens is 1. The summed E-state index contributed by atoms with van der Waals surface area (Å²) in [5.41, 5.74) is -0.932. The SMILES string of the molecule is CN(C)[C@H]1C[C@@]23CC[C@@]4(O2)C(=CC[C@]2(C)C(c5ccc6cn[nH]c6c5)=CCC24)C(O)C3(F)[C@@H](O)[C@@H]1O. The van der Waals surface area contributed by atoms with E-state index in [0.29, 0.717) is 24.8 Å². The number of alkyl halides is 1. The van der Waals surface area contributed by atoms with Crippen molar-refractivity contribution < 1.29 is 24.4 Å². The first-order chi connectivity index (χ1) is 17.1. The molecule has 7 rings (SSSR count). The first-order valence-electron chi connectivity index (χ1n) is 13.0. The van der Waals surface area contributed by atoms with Gasteiger partial charge in [0.1, 0.15) is 17.8 Å². The number of aliphatic hydroxyl groups is 3. The maximum atomic E-state index is 17.0. The van der Waals surface area contributed by atoms with E-state index in [4.69, 9.17) is 4.74 Å². The van der Waals surface area contributed by atoms with Crippen LogP contribution in [0.15, 0.2) is 42.1 Å². The van der Waals surface area contributed by atoms with Crippen LogP contribution < -0.4 is 0 Å². The molecule has 1 saturated carbocycles. The molecular weight excluding hydrogens is 461 g/mol. The predicted octanol–water partition coefficient (Wildman–Crippen LogP) is 2.73. The van der Waals surface area contributed by atoms with Gasteiger partial charge in [-0.25, -0.2) is 4.39 Å². The van der Waals surface area contributed by atoms with Crippen LogP contribution in [0.4, 0.5) is 4.39 Å². The van der Waals surface area contributed by atoms with Crippen LogP contribution >= 0.6 is 0 Å². The average Bonchev–Trinajstić information content (AvgIpc) is 3.55. The first-order valence-corrected chi connectivity index (χ1v) is 13.0. The minimum Gasteiger partial charge on any atom is -0.389 e.